The monoisotopic (exact) mass is 309 g/mol. The minimum atomic E-state index is -0.0340. The van der Waals surface area contributed by atoms with E-state index < -0.39 is 0 Å². The smallest absolute Gasteiger partial charge is 0.254 e. The minimum absolute atomic E-state index is 0.0340. The second-order valence-electron chi connectivity index (χ2n) is 5.97. The molecule has 0 radical (unpaired) electrons. The molecule has 1 saturated heterocycles. The largest absolute Gasteiger partial charge is 0.370 e. The first-order valence-electron chi connectivity index (χ1n) is 8.32. The number of hydrogen-bond donors (Lipinski definition) is 0. The summed E-state index contributed by atoms with van der Waals surface area (Å²) in [6, 6.07) is 18.1. The normalized spacial score (nSPS) is 18.0. The van der Waals surface area contributed by atoms with Crippen LogP contribution >= 0.6 is 0 Å². The summed E-state index contributed by atoms with van der Waals surface area (Å²) in [4.78, 5) is 14.6. The van der Waals surface area contributed by atoms with Gasteiger partial charge in [-0.3, -0.25) is 4.79 Å². The fourth-order valence-electron chi connectivity index (χ4n) is 2.99. The second kappa shape index (κ2) is 7.42. The van der Waals surface area contributed by atoms with E-state index in [4.69, 9.17) is 4.74 Å². The lowest BCUT2D eigenvalue weighted by Crippen LogP contribution is -2.42. The second-order valence-corrected chi connectivity index (χ2v) is 5.97. The van der Waals surface area contributed by atoms with E-state index >= 15 is 0 Å². The van der Waals surface area contributed by atoms with Gasteiger partial charge < -0.3 is 9.64 Å². The standard InChI is InChI=1S/C20H23NO2/c1-2-6-16-9-11-18(12-10-16)20(22)21-13-14-23-19(15-21)17-7-4-3-5-8-17/h3-5,7-12,19H,2,6,13-15H2,1H3. The number of carbonyl (C=O) groups excluding carboxylic acids is 1. The van der Waals surface area contributed by atoms with Crippen molar-refractivity contribution in [3.63, 3.8) is 0 Å². The first-order chi connectivity index (χ1) is 11.3. The molecule has 0 aromatic heterocycles. The Morgan fingerprint density at radius 2 is 1.87 bits per heavy atom. The zero-order valence-corrected chi connectivity index (χ0v) is 13.6. The Balaban J connectivity index is 1.69. The van der Waals surface area contributed by atoms with Gasteiger partial charge in [0.1, 0.15) is 6.10 Å². The number of aryl methyl sites for hydroxylation is 1. The topological polar surface area (TPSA) is 29.5 Å². The quantitative estimate of drug-likeness (QED) is 0.858. The van der Waals surface area contributed by atoms with Crippen LogP contribution in [-0.2, 0) is 11.2 Å². The Morgan fingerprint density at radius 1 is 1.13 bits per heavy atom. The Labute approximate surface area is 137 Å². The zero-order chi connectivity index (χ0) is 16.1. The molecule has 3 heteroatoms. The third-order valence-corrected chi connectivity index (χ3v) is 4.26. The molecule has 0 aliphatic carbocycles. The van der Waals surface area contributed by atoms with E-state index in [-0.39, 0.29) is 12.0 Å². The third-order valence-electron chi connectivity index (χ3n) is 4.26. The first kappa shape index (κ1) is 15.8. The van der Waals surface area contributed by atoms with E-state index in [1.165, 1.54) is 5.56 Å². The van der Waals surface area contributed by atoms with E-state index in [1.807, 2.05) is 35.2 Å². The highest BCUT2D eigenvalue weighted by molar-refractivity contribution is 5.94. The van der Waals surface area contributed by atoms with Gasteiger partial charge in [0, 0.05) is 12.1 Å². The molecule has 1 fully saturated rings. The summed E-state index contributed by atoms with van der Waals surface area (Å²) in [6.45, 7) is 4.01. The molecular formula is C20H23NO2. The minimum Gasteiger partial charge on any atom is -0.370 e. The van der Waals surface area contributed by atoms with Crippen molar-refractivity contribution in [2.75, 3.05) is 19.7 Å². The average Bonchev–Trinajstić information content (AvgIpc) is 2.63. The third kappa shape index (κ3) is 3.80. The highest BCUT2D eigenvalue weighted by atomic mass is 16.5. The molecular weight excluding hydrogens is 286 g/mol. The van der Waals surface area contributed by atoms with Crippen molar-refractivity contribution >= 4 is 5.91 Å². The van der Waals surface area contributed by atoms with Crippen molar-refractivity contribution < 1.29 is 9.53 Å². The summed E-state index contributed by atoms with van der Waals surface area (Å²) in [5, 5.41) is 0. The molecule has 0 N–H and O–H groups in total. The van der Waals surface area contributed by atoms with Gasteiger partial charge in [-0.15, -0.1) is 0 Å². The van der Waals surface area contributed by atoms with Crippen molar-refractivity contribution in [2.45, 2.75) is 25.9 Å². The molecule has 0 bridgehead atoms. The molecule has 0 spiro atoms. The molecule has 1 heterocycles. The van der Waals surface area contributed by atoms with Gasteiger partial charge in [0.05, 0.1) is 13.2 Å². The summed E-state index contributed by atoms with van der Waals surface area (Å²) in [5.41, 5.74) is 3.18. The maximum Gasteiger partial charge on any atom is 0.254 e. The molecule has 1 atom stereocenters. The Bertz CT molecular complexity index is 636. The van der Waals surface area contributed by atoms with Crippen molar-refractivity contribution in [1.29, 1.82) is 0 Å². The van der Waals surface area contributed by atoms with Crippen LogP contribution in [0.15, 0.2) is 54.6 Å². The first-order valence-corrected chi connectivity index (χ1v) is 8.32. The summed E-state index contributed by atoms with van der Waals surface area (Å²) in [7, 11) is 0. The molecule has 1 aliphatic rings. The highest BCUT2D eigenvalue weighted by Crippen LogP contribution is 2.23. The van der Waals surface area contributed by atoms with Crippen molar-refractivity contribution in [2.24, 2.45) is 0 Å². The lowest BCUT2D eigenvalue weighted by Gasteiger charge is -2.33. The Kier molecular flexibility index (Phi) is 5.09. The average molecular weight is 309 g/mol. The van der Waals surface area contributed by atoms with Crippen molar-refractivity contribution in [3.8, 4) is 0 Å². The van der Waals surface area contributed by atoms with Gasteiger partial charge in [0.2, 0.25) is 0 Å². The van der Waals surface area contributed by atoms with Crippen LogP contribution in [0.3, 0.4) is 0 Å². The summed E-state index contributed by atoms with van der Waals surface area (Å²) < 4.78 is 5.84. The van der Waals surface area contributed by atoms with Crippen LogP contribution in [0, 0.1) is 0 Å². The molecule has 1 unspecified atom stereocenters. The summed E-state index contributed by atoms with van der Waals surface area (Å²) in [6.07, 6.45) is 2.14. The van der Waals surface area contributed by atoms with E-state index in [2.05, 4.69) is 31.2 Å². The summed E-state index contributed by atoms with van der Waals surface area (Å²) >= 11 is 0. The van der Waals surface area contributed by atoms with Crippen LogP contribution in [0.2, 0.25) is 0 Å². The van der Waals surface area contributed by atoms with Gasteiger partial charge >= 0.3 is 0 Å². The molecule has 120 valence electrons. The predicted molar refractivity (Wildman–Crippen MR) is 91.5 cm³/mol. The molecule has 0 saturated carbocycles. The summed E-state index contributed by atoms with van der Waals surface area (Å²) in [5.74, 6) is 0.0947. The number of carbonyl (C=O) groups is 1. The molecule has 2 aromatic rings. The fraction of sp³-hybridized carbons (Fsp3) is 0.350. The number of ether oxygens (including phenoxy) is 1. The lowest BCUT2D eigenvalue weighted by atomic mass is 10.1. The van der Waals surface area contributed by atoms with E-state index in [9.17, 15) is 4.79 Å². The van der Waals surface area contributed by atoms with Crippen molar-refractivity contribution in [3.05, 3.63) is 71.3 Å². The van der Waals surface area contributed by atoms with Crippen molar-refractivity contribution in [1.82, 2.24) is 4.90 Å². The Hall–Kier alpha value is -2.13. The van der Waals surface area contributed by atoms with Crippen LogP contribution in [0.25, 0.3) is 0 Å². The van der Waals surface area contributed by atoms with Gasteiger partial charge in [-0.2, -0.15) is 0 Å². The van der Waals surface area contributed by atoms with Gasteiger partial charge in [-0.1, -0.05) is 55.8 Å². The van der Waals surface area contributed by atoms with Crippen LogP contribution in [0.5, 0.6) is 0 Å². The van der Waals surface area contributed by atoms with Gasteiger partial charge in [0.25, 0.3) is 5.91 Å². The molecule has 3 nitrogen and oxygen atoms in total. The SMILES string of the molecule is CCCc1ccc(C(=O)N2CCOC(c3ccccc3)C2)cc1. The maximum atomic E-state index is 12.7. The van der Waals surface area contributed by atoms with Crippen LogP contribution < -0.4 is 0 Å². The van der Waals surface area contributed by atoms with Gasteiger partial charge in [-0.25, -0.2) is 0 Å². The van der Waals surface area contributed by atoms with Crippen LogP contribution in [-0.4, -0.2) is 30.5 Å². The number of nitrogens with zero attached hydrogens (tertiary/aromatic N) is 1. The molecule has 3 rings (SSSR count). The molecule has 1 aliphatic heterocycles. The Morgan fingerprint density at radius 3 is 2.57 bits per heavy atom. The predicted octanol–water partition coefficient (Wildman–Crippen LogP) is 3.85. The van der Waals surface area contributed by atoms with Gasteiger partial charge in [0.15, 0.2) is 0 Å². The van der Waals surface area contributed by atoms with Crippen LogP contribution in [0.1, 0.15) is 40.9 Å². The lowest BCUT2D eigenvalue weighted by molar-refractivity contribution is -0.0228. The zero-order valence-electron chi connectivity index (χ0n) is 13.6. The van der Waals surface area contributed by atoms with E-state index in [0.29, 0.717) is 19.7 Å². The van der Waals surface area contributed by atoms with E-state index in [0.717, 1.165) is 24.0 Å². The number of rotatable bonds is 4. The number of amides is 1. The number of hydrogen-bond acceptors (Lipinski definition) is 2. The van der Waals surface area contributed by atoms with E-state index in [1.54, 1.807) is 0 Å². The molecule has 23 heavy (non-hydrogen) atoms. The maximum absolute atomic E-state index is 12.7. The highest BCUT2D eigenvalue weighted by Gasteiger charge is 2.25. The number of morpholine rings is 1. The van der Waals surface area contributed by atoms with Crippen LogP contribution in [0.4, 0.5) is 0 Å². The fourth-order valence-corrected chi connectivity index (χ4v) is 2.99. The molecule has 2 aromatic carbocycles. The van der Waals surface area contributed by atoms with Gasteiger partial charge in [-0.05, 0) is 29.7 Å². The molecule has 1 amide bonds. The number of benzene rings is 2.